The maximum absolute atomic E-state index is 13.1. The molecule has 0 saturated heterocycles. The maximum Gasteiger partial charge on any atom is 0.267 e. The van der Waals surface area contributed by atoms with E-state index in [1.165, 1.54) is 11.9 Å². The second-order valence-electron chi connectivity index (χ2n) is 9.34. The lowest BCUT2D eigenvalue weighted by atomic mass is 9.77. The van der Waals surface area contributed by atoms with Gasteiger partial charge in [-0.15, -0.1) is 0 Å². The highest BCUT2D eigenvalue weighted by Gasteiger charge is 2.29. The van der Waals surface area contributed by atoms with Crippen molar-refractivity contribution in [2.75, 3.05) is 23.8 Å². The predicted octanol–water partition coefficient (Wildman–Crippen LogP) is 4.07. The van der Waals surface area contributed by atoms with Crippen LogP contribution < -0.4 is 20.7 Å². The molecule has 0 spiro atoms. The molecule has 1 fully saturated rings. The average molecular weight is 466 g/mol. The molecule has 34 heavy (non-hydrogen) atoms. The Labute approximate surface area is 201 Å². The van der Waals surface area contributed by atoms with Gasteiger partial charge in [0.05, 0.1) is 6.54 Å². The first-order chi connectivity index (χ1) is 16.5. The zero-order valence-corrected chi connectivity index (χ0v) is 20.1. The van der Waals surface area contributed by atoms with Crippen LogP contribution in [-0.2, 0) is 4.79 Å². The number of ether oxygens (including phenoxy) is 1. The van der Waals surface area contributed by atoms with Crippen molar-refractivity contribution in [2.45, 2.75) is 70.8 Å². The standard InChI is InChI=1S/C26H35N5O3/c1-3-20(4-2)30-22(32)15-17-5-7-18(8-6-17)19-9-11-21(12-10-19)31-13-14-34-25-23(26(31)33)24(27)28-16-29-25/h9-12,16-18,20H,3-8,13-15H2,1-2H3,(H,30,32)(H2,27,28,29). The first-order valence-electron chi connectivity index (χ1n) is 12.4. The zero-order valence-electron chi connectivity index (χ0n) is 20.1. The number of carbonyl (C=O) groups is 2. The number of amides is 2. The van der Waals surface area contributed by atoms with Crippen LogP contribution in [0.1, 0.15) is 80.6 Å². The van der Waals surface area contributed by atoms with Crippen LogP contribution in [0.3, 0.4) is 0 Å². The number of anilines is 2. The van der Waals surface area contributed by atoms with Crippen LogP contribution in [0.5, 0.6) is 5.88 Å². The smallest absolute Gasteiger partial charge is 0.267 e. The number of nitrogens with one attached hydrogen (secondary N) is 1. The van der Waals surface area contributed by atoms with Crippen LogP contribution in [-0.4, -0.2) is 41.0 Å². The summed E-state index contributed by atoms with van der Waals surface area (Å²) in [5.41, 5.74) is 8.25. The molecule has 0 radical (unpaired) electrons. The molecule has 2 aliphatic rings. The minimum Gasteiger partial charge on any atom is -0.475 e. The second-order valence-corrected chi connectivity index (χ2v) is 9.34. The van der Waals surface area contributed by atoms with E-state index in [1.807, 2.05) is 12.1 Å². The minimum absolute atomic E-state index is 0.129. The first kappa shape index (κ1) is 24.0. The summed E-state index contributed by atoms with van der Waals surface area (Å²) in [7, 11) is 0. The summed E-state index contributed by atoms with van der Waals surface area (Å²) in [4.78, 5) is 35.2. The van der Waals surface area contributed by atoms with Crippen LogP contribution in [0.15, 0.2) is 30.6 Å². The molecular weight excluding hydrogens is 430 g/mol. The van der Waals surface area contributed by atoms with Gasteiger partial charge in [0.1, 0.15) is 24.3 Å². The monoisotopic (exact) mass is 465 g/mol. The summed E-state index contributed by atoms with van der Waals surface area (Å²) < 4.78 is 5.62. The van der Waals surface area contributed by atoms with Gasteiger partial charge in [-0.2, -0.15) is 0 Å². The van der Waals surface area contributed by atoms with E-state index in [9.17, 15) is 9.59 Å². The molecule has 1 aromatic heterocycles. The van der Waals surface area contributed by atoms with Gasteiger partial charge in [-0.25, -0.2) is 9.97 Å². The number of hydrogen-bond acceptors (Lipinski definition) is 6. The van der Waals surface area contributed by atoms with Gasteiger partial charge < -0.3 is 20.7 Å². The van der Waals surface area contributed by atoms with Crippen molar-refractivity contribution in [3.63, 3.8) is 0 Å². The Morgan fingerprint density at radius 3 is 2.53 bits per heavy atom. The Balaban J connectivity index is 1.35. The number of hydrogen-bond donors (Lipinski definition) is 2. The van der Waals surface area contributed by atoms with Crippen LogP contribution in [0.4, 0.5) is 11.5 Å². The fraction of sp³-hybridized carbons (Fsp3) is 0.538. The Bertz CT molecular complexity index is 998. The highest BCUT2D eigenvalue weighted by Crippen LogP contribution is 2.38. The van der Waals surface area contributed by atoms with Crippen LogP contribution in [0.2, 0.25) is 0 Å². The molecule has 1 saturated carbocycles. The minimum atomic E-state index is -0.245. The Morgan fingerprint density at radius 1 is 1.15 bits per heavy atom. The van der Waals surface area contributed by atoms with E-state index in [-0.39, 0.29) is 29.1 Å². The number of nitrogen functional groups attached to an aromatic ring is 1. The fourth-order valence-corrected chi connectivity index (χ4v) is 5.08. The summed E-state index contributed by atoms with van der Waals surface area (Å²) in [6.07, 6.45) is 8.21. The molecule has 3 N–H and O–H groups in total. The van der Waals surface area contributed by atoms with Crippen molar-refractivity contribution in [1.29, 1.82) is 0 Å². The molecule has 8 heteroatoms. The summed E-state index contributed by atoms with van der Waals surface area (Å²) in [5, 5.41) is 3.17. The number of nitrogens with zero attached hydrogens (tertiary/aromatic N) is 3. The molecule has 1 aromatic carbocycles. The first-order valence-corrected chi connectivity index (χ1v) is 12.4. The van der Waals surface area contributed by atoms with Gasteiger partial charge in [-0.3, -0.25) is 9.59 Å². The Morgan fingerprint density at radius 2 is 1.85 bits per heavy atom. The molecule has 0 atom stereocenters. The largest absolute Gasteiger partial charge is 0.475 e. The number of aromatic nitrogens is 2. The molecule has 4 rings (SSSR count). The van der Waals surface area contributed by atoms with E-state index in [0.29, 0.717) is 37.5 Å². The molecule has 1 aliphatic carbocycles. The van der Waals surface area contributed by atoms with E-state index >= 15 is 0 Å². The summed E-state index contributed by atoms with van der Waals surface area (Å²) in [5.74, 6) is 1.27. The topological polar surface area (TPSA) is 110 Å². The molecule has 0 unspecified atom stereocenters. The van der Waals surface area contributed by atoms with Gasteiger partial charge >= 0.3 is 0 Å². The van der Waals surface area contributed by atoms with E-state index in [1.54, 1.807) is 4.90 Å². The molecule has 182 valence electrons. The van der Waals surface area contributed by atoms with E-state index < -0.39 is 0 Å². The zero-order chi connectivity index (χ0) is 24.1. The van der Waals surface area contributed by atoms with Gasteiger partial charge in [0.2, 0.25) is 11.8 Å². The van der Waals surface area contributed by atoms with Gasteiger partial charge in [-0.1, -0.05) is 26.0 Å². The summed E-state index contributed by atoms with van der Waals surface area (Å²) >= 11 is 0. The van der Waals surface area contributed by atoms with Gasteiger partial charge in [0.15, 0.2) is 0 Å². The predicted molar refractivity (Wildman–Crippen MR) is 132 cm³/mol. The van der Waals surface area contributed by atoms with Crippen molar-refractivity contribution in [2.24, 2.45) is 5.92 Å². The van der Waals surface area contributed by atoms with E-state index in [0.717, 1.165) is 44.2 Å². The SMILES string of the molecule is CCC(CC)NC(=O)CC1CCC(c2ccc(N3CCOc4ncnc(N)c4C3=O)cc2)CC1. The molecule has 1 aliphatic heterocycles. The molecule has 2 heterocycles. The van der Waals surface area contributed by atoms with Gasteiger partial charge in [0, 0.05) is 18.2 Å². The number of rotatable bonds is 7. The molecule has 2 amide bonds. The number of fused-ring (bicyclic) bond motifs is 1. The van der Waals surface area contributed by atoms with Crippen LogP contribution >= 0.6 is 0 Å². The third-order valence-corrected chi connectivity index (χ3v) is 7.20. The molecule has 0 bridgehead atoms. The fourth-order valence-electron chi connectivity index (χ4n) is 5.08. The Kier molecular flexibility index (Phi) is 7.65. The van der Waals surface area contributed by atoms with E-state index in [4.69, 9.17) is 10.5 Å². The van der Waals surface area contributed by atoms with Crippen molar-refractivity contribution < 1.29 is 14.3 Å². The highest BCUT2D eigenvalue weighted by molar-refractivity contribution is 6.10. The Hall–Kier alpha value is -3.16. The summed E-state index contributed by atoms with van der Waals surface area (Å²) in [6.45, 7) is 4.98. The number of nitrogens with two attached hydrogens (primary N) is 1. The highest BCUT2D eigenvalue weighted by atomic mass is 16.5. The lowest BCUT2D eigenvalue weighted by Crippen LogP contribution is -2.35. The van der Waals surface area contributed by atoms with Crippen molar-refractivity contribution >= 4 is 23.3 Å². The third-order valence-electron chi connectivity index (χ3n) is 7.20. The lowest BCUT2D eigenvalue weighted by Gasteiger charge is -2.29. The van der Waals surface area contributed by atoms with Crippen LogP contribution in [0.25, 0.3) is 0 Å². The second kappa shape index (κ2) is 10.8. The lowest BCUT2D eigenvalue weighted by molar-refractivity contribution is -0.123. The van der Waals surface area contributed by atoms with Gasteiger partial charge in [0.25, 0.3) is 5.91 Å². The molecular formula is C26H35N5O3. The van der Waals surface area contributed by atoms with Gasteiger partial charge in [-0.05, 0) is 68.1 Å². The quantitative estimate of drug-likeness (QED) is 0.638. The van der Waals surface area contributed by atoms with Crippen molar-refractivity contribution in [1.82, 2.24) is 15.3 Å². The molecule has 8 nitrogen and oxygen atoms in total. The van der Waals surface area contributed by atoms with E-state index in [2.05, 4.69) is 41.3 Å². The maximum atomic E-state index is 13.1. The summed E-state index contributed by atoms with van der Waals surface area (Å²) in [6, 6.07) is 8.51. The van der Waals surface area contributed by atoms with Crippen molar-refractivity contribution in [3.8, 4) is 5.88 Å². The number of benzene rings is 1. The number of carbonyl (C=O) groups excluding carboxylic acids is 2. The molecule has 2 aromatic rings. The third kappa shape index (κ3) is 5.32. The van der Waals surface area contributed by atoms with Crippen molar-refractivity contribution in [3.05, 3.63) is 41.7 Å². The normalized spacial score (nSPS) is 20.4. The average Bonchev–Trinajstić information content (AvgIpc) is 3.02. The van der Waals surface area contributed by atoms with Crippen LogP contribution in [0, 0.1) is 5.92 Å².